The van der Waals surface area contributed by atoms with Gasteiger partial charge in [-0.1, -0.05) is 5.16 Å². The van der Waals surface area contributed by atoms with Gasteiger partial charge < -0.3 is 18.9 Å². The van der Waals surface area contributed by atoms with Gasteiger partial charge in [0.2, 0.25) is 5.76 Å². The van der Waals surface area contributed by atoms with Crippen LogP contribution in [0.2, 0.25) is 0 Å². The number of aromatic nitrogens is 1. The molecule has 0 amide bonds. The molecule has 1 aromatic carbocycles. The highest BCUT2D eigenvalue weighted by Crippen LogP contribution is 2.35. The Labute approximate surface area is 155 Å². The second kappa shape index (κ2) is 7.54. The van der Waals surface area contributed by atoms with Crippen LogP contribution in [0.25, 0.3) is 0 Å². The number of nitrogens with zero attached hydrogens (tertiary/aromatic N) is 2. The summed E-state index contributed by atoms with van der Waals surface area (Å²) >= 11 is 0. The van der Waals surface area contributed by atoms with E-state index in [9.17, 15) is 13.2 Å². The molecule has 27 heavy (non-hydrogen) atoms. The van der Waals surface area contributed by atoms with Crippen molar-refractivity contribution in [2.24, 2.45) is 0 Å². The second-order valence-electron chi connectivity index (χ2n) is 6.53. The molecule has 5 nitrogen and oxygen atoms in total. The molecule has 3 rings (SSSR count). The van der Waals surface area contributed by atoms with E-state index in [0.29, 0.717) is 12.3 Å². The summed E-state index contributed by atoms with van der Waals surface area (Å²) in [5.41, 5.74) is 3.19. The molecular formula is C19H21F3N2O3. The molecule has 2 aromatic rings. The SMILES string of the molecule is Cc1cc(CCCOc2c(C)cc(N3C=C(C(F)(F)F)OC3)cc2C)on1. The lowest BCUT2D eigenvalue weighted by atomic mass is 10.1. The maximum atomic E-state index is 12.7. The van der Waals surface area contributed by atoms with Crippen LogP contribution >= 0.6 is 0 Å². The Morgan fingerprint density at radius 3 is 2.41 bits per heavy atom. The minimum absolute atomic E-state index is 0.162. The van der Waals surface area contributed by atoms with Gasteiger partial charge in [-0.05, 0) is 50.5 Å². The quantitative estimate of drug-likeness (QED) is 0.671. The Morgan fingerprint density at radius 1 is 1.15 bits per heavy atom. The summed E-state index contributed by atoms with van der Waals surface area (Å²) in [5, 5.41) is 3.84. The average Bonchev–Trinajstić information content (AvgIpc) is 3.22. The summed E-state index contributed by atoms with van der Waals surface area (Å²) in [4.78, 5) is 1.43. The summed E-state index contributed by atoms with van der Waals surface area (Å²) in [6, 6.07) is 5.48. The topological polar surface area (TPSA) is 47.7 Å². The summed E-state index contributed by atoms with van der Waals surface area (Å²) in [5.74, 6) is 0.578. The van der Waals surface area contributed by atoms with E-state index in [2.05, 4.69) is 5.16 Å². The lowest BCUT2D eigenvalue weighted by Gasteiger charge is -2.18. The molecule has 0 bridgehead atoms. The van der Waals surface area contributed by atoms with Crippen molar-refractivity contribution < 1.29 is 27.2 Å². The van der Waals surface area contributed by atoms with Crippen molar-refractivity contribution in [3.63, 3.8) is 0 Å². The van der Waals surface area contributed by atoms with Crippen molar-refractivity contribution in [2.45, 2.75) is 39.8 Å². The van der Waals surface area contributed by atoms with Crippen LogP contribution in [-0.4, -0.2) is 24.7 Å². The van der Waals surface area contributed by atoms with Crippen LogP contribution < -0.4 is 9.64 Å². The van der Waals surface area contributed by atoms with E-state index in [1.807, 2.05) is 26.8 Å². The molecule has 0 saturated heterocycles. The molecule has 1 aliphatic heterocycles. The molecule has 0 unspecified atom stereocenters. The Bertz CT molecular complexity index is 820. The smallest absolute Gasteiger partial charge is 0.450 e. The fourth-order valence-electron chi connectivity index (χ4n) is 2.93. The molecule has 0 aliphatic carbocycles. The maximum absolute atomic E-state index is 12.7. The van der Waals surface area contributed by atoms with Gasteiger partial charge in [0.1, 0.15) is 11.5 Å². The summed E-state index contributed by atoms with van der Waals surface area (Å²) in [6.07, 6.45) is -2.00. The van der Waals surface area contributed by atoms with Crippen LogP contribution in [0, 0.1) is 20.8 Å². The van der Waals surface area contributed by atoms with Crippen molar-refractivity contribution >= 4 is 5.69 Å². The third-order valence-corrected chi connectivity index (χ3v) is 4.18. The van der Waals surface area contributed by atoms with Crippen molar-refractivity contribution in [1.29, 1.82) is 0 Å². The number of halogens is 3. The van der Waals surface area contributed by atoms with Gasteiger partial charge in [0.15, 0.2) is 6.73 Å². The van der Waals surface area contributed by atoms with Gasteiger partial charge in [0.25, 0.3) is 0 Å². The van der Waals surface area contributed by atoms with E-state index in [1.54, 1.807) is 12.1 Å². The molecule has 0 radical (unpaired) electrons. The standard InChI is InChI=1S/C19H21F3N2O3/c1-12-7-15(24-10-17(26-11-24)19(20,21)22)8-13(2)18(12)25-6-4-5-16-9-14(3)23-27-16/h7-10H,4-6,11H2,1-3H3. The monoisotopic (exact) mass is 382 g/mol. The molecule has 0 saturated carbocycles. The first-order chi connectivity index (χ1) is 12.7. The minimum Gasteiger partial charge on any atom is -0.493 e. The predicted octanol–water partition coefficient (Wildman–Crippen LogP) is 4.81. The molecule has 1 aromatic heterocycles. The fourth-order valence-corrected chi connectivity index (χ4v) is 2.93. The minimum atomic E-state index is -4.48. The van der Waals surface area contributed by atoms with Gasteiger partial charge >= 0.3 is 6.18 Å². The Morgan fingerprint density at radius 2 is 1.85 bits per heavy atom. The van der Waals surface area contributed by atoms with E-state index < -0.39 is 11.9 Å². The van der Waals surface area contributed by atoms with Crippen molar-refractivity contribution in [2.75, 3.05) is 18.2 Å². The van der Waals surface area contributed by atoms with Crippen LogP contribution in [0.1, 0.15) is 29.0 Å². The first-order valence-electron chi connectivity index (χ1n) is 8.59. The molecule has 2 heterocycles. The van der Waals surface area contributed by atoms with Crippen molar-refractivity contribution in [3.8, 4) is 5.75 Å². The van der Waals surface area contributed by atoms with E-state index in [1.165, 1.54) is 4.90 Å². The van der Waals surface area contributed by atoms with Crippen LogP contribution in [0.5, 0.6) is 5.75 Å². The first kappa shape index (κ1) is 19.1. The van der Waals surface area contributed by atoms with Gasteiger partial charge in [-0.15, -0.1) is 0 Å². The molecule has 0 atom stereocenters. The highest BCUT2D eigenvalue weighted by atomic mass is 19.4. The lowest BCUT2D eigenvalue weighted by Crippen LogP contribution is -2.14. The lowest BCUT2D eigenvalue weighted by molar-refractivity contribution is -0.126. The van der Waals surface area contributed by atoms with Crippen LogP contribution in [0.15, 0.2) is 34.7 Å². The molecule has 8 heteroatoms. The van der Waals surface area contributed by atoms with Crippen molar-refractivity contribution in [3.05, 3.63) is 52.7 Å². The highest BCUT2D eigenvalue weighted by molar-refractivity contribution is 5.58. The van der Waals surface area contributed by atoms with Gasteiger partial charge in [0, 0.05) is 18.2 Å². The van der Waals surface area contributed by atoms with Crippen LogP contribution in [0.4, 0.5) is 18.9 Å². The van der Waals surface area contributed by atoms with E-state index in [4.69, 9.17) is 14.0 Å². The Hall–Kier alpha value is -2.64. The molecule has 0 N–H and O–H groups in total. The molecular weight excluding hydrogens is 361 g/mol. The molecule has 1 aliphatic rings. The number of benzene rings is 1. The summed E-state index contributed by atoms with van der Waals surface area (Å²) < 4.78 is 53.9. The predicted molar refractivity (Wildman–Crippen MR) is 93.5 cm³/mol. The zero-order valence-electron chi connectivity index (χ0n) is 15.4. The molecule has 0 spiro atoms. The Kier molecular flexibility index (Phi) is 5.34. The van der Waals surface area contributed by atoms with E-state index in [0.717, 1.165) is 47.4 Å². The number of rotatable bonds is 6. The first-order valence-corrected chi connectivity index (χ1v) is 8.59. The Balaban J connectivity index is 1.62. The zero-order valence-corrected chi connectivity index (χ0v) is 15.4. The zero-order chi connectivity index (χ0) is 19.6. The summed E-state index contributed by atoms with van der Waals surface area (Å²) in [7, 11) is 0. The number of ether oxygens (including phenoxy) is 2. The number of aryl methyl sites for hydroxylation is 4. The third kappa shape index (κ3) is 4.56. The molecule has 146 valence electrons. The molecule has 0 fully saturated rings. The van der Waals surface area contributed by atoms with E-state index >= 15 is 0 Å². The average molecular weight is 382 g/mol. The number of anilines is 1. The normalized spacial score (nSPS) is 14.3. The van der Waals surface area contributed by atoms with Crippen LogP contribution in [0.3, 0.4) is 0 Å². The van der Waals surface area contributed by atoms with Gasteiger partial charge in [-0.2, -0.15) is 13.2 Å². The number of alkyl halides is 3. The number of hydrogen-bond acceptors (Lipinski definition) is 5. The largest absolute Gasteiger partial charge is 0.493 e. The number of allylic oxidation sites excluding steroid dienone is 1. The highest BCUT2D eigenvalue weighted by Gasteiger charge is 2.39. The van der Waals surface area contributed by atoms with Gasteiger partial charge in [-0.3, -0.25) is 0 Å². The van der Waals surface area contributed by atoms with Crippen molar-refractivity contribution in [1.82, 2.24) is 5.16 Å². The van der Waals surface area contributed by atoms with Gasteiger partial charge in [0.05, 0.1) is 18.5 Å². The van der Waals surface area contributed by atoms with Gasteiger partial charge in [-0.25, -0.2) is 0 Å². The fraction of sp³-hybridized carbons (Fsp3) is 0.421. The summed E-state index contributed by atoms with van der Waals surface area (Å²) in [6.45, 7) is 5.96. The number of hydrogen-bond donors (Lipinski definition) is 0. The van der Waals surface area contributed by atoms with Crippen LogP contribution in [-0.2, 0) is 11.2 Å². The second-order valence-corrected chi connectivity index (χ2v) is 6.53. The maximum Gasteiger partial charge on any atom is 0.450 e. The van der Waals surface area contributed by atoms with E-state index in [-0.39, 0.29) is 6.73 Å². The third-order valence-electron chi connectivity index (χ3n) is 4.18.